The van der Waals surface area contributed by atoms with Gasteiger partial charge in [0.1, 0.15) is 12.4 Å². The van der Waals surface area contributed by atoms with Gasteiger partial charge in [0.15, 0.2) is 11.0 Å². The van der Waals surface area contributed by atoms with Crippen molar-refractivity contribution in [1.82, 2.24) is 0 Å². The summed E-state index contributed by atoms with van der Waals surface area (Å²) in [5, 5.41) is 1.49. The number of hydrogen-bond acceptors (Lipinski definition) is 6. The topological polar surface area (TPSA) is 76.2 Å². The van der Waals surface area contributed by atoms with Gasteiger partial charge in [-0.2, -0.15) is 0 Å². The summed E-state index contributed by atoms with van der Waals surface area (Å²) >= 11 is 0. The fourth-order valence-corrected chi connectivity index (χ4v) is 5.02. The minimum Gasteiger partial charge on any atom is -0.469 e. The molecule has 0 bridgehead atoms. The van der Waals surface area contributed by atoms with Gasteiger partial charge in [0.25, 0.3) is 0 Å². The number of rotatable bonds is 10. The maximum atomic E-state index is 13.6. The normalized spacial score (nSPS) is 12.3. The first-order valence-electron chi connectivity index (χ1n) is 11.1. The largest absolute Gasteiger partial charge is 0.469 e. The third-order valence-electron chi connectivity index (χ3n) is 5.66. The molecule has 0 aromatic heterocycles. The summed E-state index contributed by atoms with van der Waals surface area (Å²) < 4.78 is 38.1. The zero-order valence-corrected chi connectivity index (χ0v) is 21.1. The highest BCUT2D eigenvalue weighted by molar-refractivity contribution is 7.86. The third-order valence-corrected chi connectivity index (χ3v) is 7.06. The molecule has 0 saturated heterocycles. The number of benzene rings is 3. The lowest BCUT2D eigenvalue weighted by Gasteiger charge is -2.31. The summed E-state index contributed by atoms with van der Waals surface area (Å²) in [4.78, 5) is 26.4. The molecular formula is C27H27FN2O5S. The van der Waals surface area contributed by atoms with E-state index in [-0.39, 0.29) is 31.5 Å². The number of nitrogens with zero attached hydrogens (tertiary/aromatic N) is 2. The number of carbonyl (C=O) groups excluding carboxylic acids is 2. The lowest BCUT2D eigenvalue weighted by atomic mass is 10.0. The van der Waals surface area contributed by atoms with Crippen molar-refractivity contribution < 1.29 is 27.7 Å². The van der Waals surface area contributed by atoms with Crippen molar-refractivity contribution in [3.63, 3.8) is 0 Å². The molecule has 36 heavy (non-hydrogen) atoms. The quantitative estimate of drug-likeness (QED) is 0.302. The molecule has 0 aliphatic heterocycles. The van der Waals surface area contributed by atoms with Crippen LogP contribution in [0.3, 0.4) is 0 Å². The van der Waals surface area contributed by atoms with Crippen LogP contribution in [0.15, 0.2) is 65.6 Å². The maximum Gasteiger partial charge on any atom is 0.326 e. The Hall–Kier alpha value is -3.90. The molecule has 0 heterocycles. The smallest absolute Gasteiger partial charge is 0.326 e. The first-order chi connectivity index (χ1) is 17.3. The van der Waals surface area contributed by atoms with Gasteiger partial charge in [-0.15, -0.1) is 6.42 Å². The van der Waals surface area contributed by atoms with Crippen LogP contribution in [-0.2, 0) is 30.0 Å². The number of esters is 2. The average Bonchev–Trinajstić information content (AvgIpc) is 2.89. The average molecular weight is 511 g/mol. The fourth-order valence-electron chi connectivity index (χ4n) is 3.84. The van der Waals surface area contributed by atoms with E-state index in [9.17, 15) is 18.2 Å². The molecular weight excluding hydrogens is 483 g/mol. The molecule has 3 aromatic carbocycles. The van der Waals surface area contributed by atoms with Gasteiger partial charge in [0.2, 0.25) is 0 Å². The highest BCUT2D eigenvalue weighted by atomic mass is 32.2. The number of terminal acetylenes is 1. The number of anilines is 2. The van der Waals surface area contributed by atoms with Crippen molar-refractivity contribution >= 4 is 45.1 Å². The Balaban J connectivity index is 2.14. The van der Waals surface area contributed by atoms with Crippen molar-refractivity contribution in [2.75, 3.05) is 36.5 Å². The molecule has 1 unspecified atom stereocenters. The van der Waals surface area contributed by atoms with E-state index in [4.69, 9.17) is 15.9 Å². The summed E-state index contributed by atoms with van der Waals surface area (Å²) in [6, 6.07) is 16.0. The summed E-state index contributed by atoms with van der Waals surface area (Å²) in [5.41, 5.74) is 1.29. The van der Waals surface area contributed by atoms with Gasteiger partial charge >= 0.3 is 11.9 Å². The highest BCUT2D eigenvalue weighted by Gasteiger charge is 2.25. The maximum absolute atomic E-state index is 13.6. The molecule has 188 valence electrons. The molecule has 0 fully saturated rings. The first-order valence-corrected chi connectivity index (χ1v) is 12.2. The minimum atomic E-state index is -1.84. The van der Waals surface area contributed by atoms with Gasteiger partial charge in [-0.1, -0.05) is 30.2 Å². The molecule has 2 atom stereocenters. The summed E-state index contributed by atoms with van der Waals surface area (Å²) in [6.07, 6.45) is 5.78. The van der Waals surface area contributed by atoms with Gasteiger partial charge in [0.05, 0.1) is 37.8 Å². The Labute approximate surface area is 212 Å². The number of methoxy groups -OCH3 is 2. The van der Waals surface area contributed by atoms with Crippen molar-refractivity contribution in [2.24, 2.45) is 0 Å². The fraction of sp³-hybridized carbons (Fsp3) is 0.259. The second kappa shape index (κ2) is 12.2. The van der Waals surface area contributed by atoms with E-state index in [1.165, 1.54) is 42.8 Å². The van der Waals surface area contributed by atoms with E-state index in [2.05, 4.69) is 5.92 Å². The molecule has 0 radical (unpaired) electrons. The standard InChI is InChI=1S/C27H27FN2O5S/c1-5-16-29(19(2)17-26(31)34-3)24-14-15-25(23-9-7-6-8-22(23)24)30(18-27(32)35-4)36(33)21-12-10-20(28)11-13-21/h1,6-15,19H,16-18H2,2-4H3/t19-,36?/m0/s1. The number of carbonyl (C=O) groups is 2. The molecule has 0 aliphatic rings. The summed E-state index contributed by atoms with van der Waals surface area (Å²) in [5.74, 6) is 1.24. The SMILES string of the molecule is C#CCN(c1ccc(N(CC(=O)OC)S(=O)c2ccc(F)cc2)c2ccccc12)[C@@H](C)CC(=O)OC. The summed E-state index contributed by atoms with van der Waals surface area (Å²) in [6.45, 7) is 1.83. The van der Waals surface area contributed by atoms with Crippen LogP contribution in [0.2, 0.25) is 0 Å². The number of fused-ring (bicyclic) bond motifs is 1. The van der Waals surface area contributed by atoms with Crippen LogP contribution in [-0.4, -0.2) is 49.5 Å². The summed E-state index contributed by atoms with van der Waals surface area (Å²) in [7, 11) is 0.750. The van der Waals surface area contributed by atoms with E-state index in [1.807, 2.05) is 42.2 Å². The monoisotopic (exact) mass is 510 g/mol. The molecule has 9 heteroatoms. The molecule has 3 aromatic rings. The van der Waals surface area contributed by atoms with Gasteiger partial charge in [-0.05, 0) is 43.3 Å². The van der Waals surface area contributed by atoms with Gasteiger partial charge in [-0.3, -0.25) is 13.9 Å². The predicted molar refractivity (Wildman–Crippen MR) is 138 cm³/mol. The Morgan fingerprint density at radius 3 is 2.14 bits per heavy atom. The van der Waals surface area contributed by atoms with Crippen LogP contribution in [0.5, 0.6) is 0 Å². The molecule has 0 saturated carbocycles. The molecule has 7 nitrogen and oxygen atoms in total. The van der Waals surface area contributed by atoms with E-state index in [0.717, 1.165) is 11.1 Å². The Bertz CT molecular complexity index is 1310. The van der Waals surface area contributed by atoms with Crippen LogP contribution >= 0.6 is 0 Å². The van der Waals surface area contributed by atoms with Crippen LogP contribution in [0.1, 0.15) is 13.3 Å². The molecule has 3 rings (SSSR count). The molecule has 0 aliphatic carbocycles. The lowest BCUT2D eigenvalue weighted by molar-refractivity contribution is -0.141. The van der Waals surface area contributed by atoms with Crippen LogP contribution < -0.4 is 9.21 Å². The van der Waals surface area contributed by atoms with Gasteiger partial charge in [0, 0.05) is 22.5 Å². The van der Waals surface area contributed by atoms with Gasteiger partial charge < -0.3 is 14.4 Å². The second-order valence-electron chi connectivity index (χ2n) is 7.93. The van der Waals surface area contributed by atoms with E-state index < -0.39 is 22.8 Å². The van der Waals surface area contributed by atoms with Crippen LogP contribution in [0, 0.1) is 18.2 Å². The number of halogens is 1. The van der Waals surface area contributed by atoms with E-state index in [1.54, 1.807) is 6.07 Å². The highest BCUT2D eigenvalue weighted by Crippen LogP contribution is 2.36. The van der Waals surface area contributed by atoms with Crippen molar-refractivity contribution in [3.8, 4) is 12.3 Å². The van der Waals surface area contributed by atoms with Gasteiger partial charge in [-0.25, -0.2) is 8.60 Å². The molecule has 0 spiro atoms. The molecule has 0 N–H and O–H groups in total. The lowest BCUT2D eigenvalue weighted by Crippen LogP contribution is -2.36. The predicted octanol–water partition coefficient (Wildman–Crippen LogP) is 4.07. The first kappa shape index (κ1) is 26.7. The Kier molecular flexibility index (Phi) is 9.03. The molecule has 0 amide bonds. The van der Waals surface area contributed by atoms with Crippen molar-refractivity contribution in [2.45, 2.75) is 24.3 Å². The van der Waals surface area contributed by atoms with Crippen LogP contribution in [0.25, 0.3) is 10.8 Å². The van der Waals surface area contributed by atoms with Crippen molar-refractivity contribution in [3.05, 3.63) is 66.5 Å². The number of ether oxygens (including phenoxy) is 2. The van der Waals surface area contributed by atoms with E-state index >= 15 is 0 Å². The third kappa shape index (κ3) is 6.01. The minimum absolute atomic E-state index is 0.136. The Morgan fingerprint density at radius 2 is 1.56 bits per heavy atom. The van der Waals surface area contributed by atoms with E-state index in [0.29, 0.717) is 16.0 Å². The van der Waals surface area contributed by atoms with Crippen molar-refractivity contribution in [1.29, 1.82) is 0 Å². The Morgan fingerprint density at radius 1 is 0.972 bits per heavy atom. The zero-order chi connectivity index (χ0) is 26.2. The number of hydrogen-bond donors (Lipinski definition) is 0. The second-order valence-corrected chi connectivity index (χ2v) is 9.34. The van der Waals surface area contributed by atoms with Crippen LogP contribution in [0.4, 0.5) is 15.8 Å². The zero-order valence-electron chi connectivity index (χ0n) is 20.3.